The lowest BCUT2D eigenvalue weighted by Gasteiger charge is -2.12. The van der Waals surface area contributed by atoms with Crippen LogP contribution in [0.4, 0.5) is 15.8 Å². The summed E-state index contributed by atoms with van der Waals surface area (Å²) in [6.45, 7) is 6.31. The minimum Gasteiger partial charge on any atom is -0.385 e. The Morgan fingerprint density at radius 2 is 1.90 bits per heavy atom. The molecule has 21 heavy (non-hydrogen) atoms. The van der Waals surface area contributed by atoms with Crippen LogP contribution in [0.5, 0.6) is 0 Å². The minimum atomic E-state index is -0.330. The number of aryl methyl sites for hydroxylation is 2. The quantitative estimate of drug-likeness (QED) is 0.887. The van der Waals surface area contributed by atoms with Gasteiger partial charge in [0.1, 0.15) is 5.82 Å². The zero-order chi connectivity index (χ0) is 15.4. The van der Waals surface area contributed by atoms with Crippen molar-refractivity contribution in [1.82, 2.24) is 0 Å². The summed E-state index contributed by atoms with van der Waals surface area (Å²) >= 11 is 0. The summed E-state index contributed by atoms with van der Waals surface area (Å²) in [7, 11) is 0. The second-order valence-electron chi connectivity index (χ2n) is 5.00. The molecule has 1 amide bonds. The molecule has 0 radical (unpaired) electrons. The molecule has 0 aliphatic carbocycles. The molecule has 2 N–H and O–H groups in total. The topological polar surface area (TPSA) is 41.1 Å². The molecule has 0 spiro atoms. The highest BCUT2D eigenvalue weighted by Gasteiger charge is 2.12. The zero-order valence-electron chi connectivity index (χ0n) is 12.5. The number of halogens is 1. The van der Waals surface area contributed by atoms with E-state index in [2.05, 4.69) is 10.6 Å². The number of hydrogen-bond donors (Lipinski definition) is 2. The molecule has 0 aliphatic rings. The van der Waals surface area contributed by atoms with Crippen LogP contribution in [0, 0.1) is 19.7 Å². The van der Waals surface area contributed by atoms with Crippen molar-refractivity contribution in [1.29, 1.82) is 0 Å². The van der Waals surface area contributed by atoms with Crippen molar-refractivity contribution in [3.05, 3.63) is 58.9 Å². The van der Waals surface area contributed by atoms with Crippen molar-refractivity contribution in [2.24, 2.45) is 0 Å². The number of carbonyl (C=O) groups excluding carboxylic acids is 1. The molecule has 0 atom stereocenters. The van der Waals surface area contributed by atoms with E-state index in [0.29, 0.717) is 16.8 Å². The van der Waals surface area contributed by atoms with Gasteiger partial charge in [-0.15, -0.1) is 0 Å². The third kappa shape index (κ3) is 3.60. The second kappa shape index (κ2) is 6.39. The molecular weight excluding hydrogens is 267 g/mol. The summed E-state index contributed by atoms with van der Waals surface area (Å²) < 4.78 is 13.5. The Labute approximate surface area is 124 Å². The van der Waals surface area contributed by atoms with E-state index >= 15 is 0 Å². The first kappa shape index (κ1) is 15.0. The lowest BCUT2D eigenvalue weighted by Crippen LogP contribution is -2.15. The van der Waals surface area contributed by atoms with E-state index in [1.807, 2.05) is 32.0 Å². The molecular formula is C17H19FN2O. The van der Waals surface area contributed by atoms with Crippen molar-refractivity contribution < 1.29 is 9.18 Å². The summed E-state index contributed by atoms with van der Waals surface area (Å²) in [4.78, 5) is 12.4. The Morgan fingerprint density at radius 3 is 2.57 bits per heavy atom. The van der Waals surface area contributed by atoms with E-state index < -0.39 is 0 Å². The summed E-state index contributed by atoms with van der Waals surface area (Å²) in [5.41, 5.74) is 3.33. The van der Waals surface area contributed by atoms with E-state index in [1.165, 1.54) is 6.07 Å². The lowest BCUT2D eigenvalue weighted by molar-refractivity contribution is 0.102. The SMILES string of the molecule is CCNc1ccc(C)cc1C(=O)Nc1ccc(C)c(F)c1. The van der Waals surface area contributed by atoms with Crippen LogP contribution < -0.4 is 10.6 Å². The number of benzene rings is 2. The Kier molecular flexibility index (Phi) is 4.58. The van der Waals surface area contributed by atoms with Gasteiger partial charge >= 0.3 is 0 Å². The number of carbonyl (C=O) groups is 1. The Bertz CT molecular complexity index is 668. The fourth-order valence-electron chi connectivity index (χ4n) is 2.06. The van der Waals surface area contributed by atoms with Crippen LogP contribution in [-0.2, 0) is 0 Å². The average Bonchev–Trinajstić information content (AvgIpc) is 2.45. The van der Waals surface area contributed by atoms with Crippen molar-refractivity contribution in [3.8, 4) is 0 Å². The normalized spacial score (nSPS) is 10.3. The number of hydrogen-bond acceptors (Lipinski definition) is 2. The van der Waals surface area contributed by atoms with Crippen LogP contribution in [0.25, 0.3) is 0 Å². The standard InChI is InChI=1S/C17H19FN2O/c1-4-19-16-8-5-11(2)9-14(16)17(21)20-13-7-6-12(3)15(18)10-13/h5-10,19H,4H2,1-3H3,(H,20,21). The summed E-state index contributed by atoms with van der Waals surface area (Å²) in [6, 6.07) is 10.3. The fourth-order valence-corrected chi connectivity index (χ4v) is 2.06. The molecule has 0 heterocycles. The van der Waals surface area contributed by atoms with Crippen LogP contribution in [0.15, 0.2) is 36.4 Å². The van der Waals surface area contributed by atoms with E-state index in [0.717, 1.165) is 17.8 Å². The largest absolute Gasteiger partial charge is 0.385 e. The lowest BCUT2D eigenvalue weighted by atomic mass is 10.1. The summed E-state index contributed by atoms with van der Waals surface area (Å²) in [6.07, 6.45) is 0. The molecule has 0 fully saturated rings. The van der Waals surface area contributed by atoms with E-state index in [1.54, 1.807) is 19.1 Å². The highest BCUT2D eigenvalue weighted by atomic mass is 19.1. The first-order valence-corrected chi connectivity index (χ1v) is 6.93. The Hall–Kier alpha value is -2.36. The van der Waals surface area contributed by atoms with Gasteiger partial charge in [0.05, 0.1) is 5.56 Å². The molecule has 3 nitrogen and oxygen atoms in total. The maximum atomic E-state index is 13.5. The van der Waals surface area contributed by atoms with Gasteiger partial charge in [-0.2, -0.15) is 0 Å². The number of nitrogens with one attached hydrogen (secondary N) is 2. The van der Waals surface area contributed by atoms with Crippen molar-refractivity contribution in [2.75, 3.05) is 17.2 Å². The van der Waals surface area contributed by atoms with Gasteiger partial charge in [0.25, 0.3) is 5.91 Å². The monoisotopic (exact) mass is 286 g/mol. The van der Waals surface area contributed by atoms with Gasteiger partial charge in [-0.25, -0.2) is 4.39 Å². The third-order valence-electron chi connectivity index (χ3n) is 3.22. The fraction of sp³-hybridized carbons (Fsp3) is 0.235. The van der Waals surface area contributed by atoms with E-state index in [9.17, 15) is 9.18 Å². The van der Waals surface area contributed by atoms with Crippen molar-refractivity contribution >= 4 is 17.3 Å². The Morgan fingerprint density at radius 1 is 1.14 bits per heavy atom. The van der Waals surface area contributed by atoms with Crippen LogP contribution >= 0.6 is 0 Å². The maximum absolute atomic E-state index is 13.5. The first-order chi connectivity index (χ1) is 10.0. The smallest absolute Gasteiger partial charge is 0.257 e. The molecule has 0 aliphatic heterocycles. The number of amides is 1. The van der Waals surface area contributed by atoms with Crippen molar-refractivity contribution in [2.45, 2.75) is 20.8 Å². The molecule has 0 aromatic heterocycles. The highest BCUT2D eigenvalue weighted by Crippen LogP contribution is 2.20. The molecule has 0 saturated heterocycles. The van der Waals surface area contributed by atoms with Crippen LogP contribution in [-0.4, -0.2) is 12.5 Å². The van der Waals surface area contributed by atoms with Gasteiger partial charge in [-0.05, 0) is 50.6 Å². The molecule has 2 aromatic rings. The molecule has 0 unspecified atom stereocenters. The third-order valence-corrected chi connectivity index (χ3v) is 3.22. The first-order valence-electron chi connectivity index (χ1n) is 6.93. The van der Waals surface area contributed by atoms with Gasteiger partial charge in [-0.3, -0.25) is 4.79 Å². The average molecular weight is 286 g/mol. The molecule has 2 rings (SSSR count). The second-order valence-corrected chi connectivity index (χ2v) is 5.00. The molecule has 110 valence electrons. The van der Waals surface area contributed by atoms with Gasteiger partial charge in [0, 0.05) is 17.9 Å². The van der Waals surface area contributed by atoms with Gasteiger partial charge in [0.2, 0.25) is 0 Å². The van der Waals surface area contributed by atoms with Gasteiger partial charge in [0.15, 0.2) is 0 Å². The zero-order valence-corrected chi connectivity index (χ0v) is 12.5. The number of rotatable bonds is 4. The molecule has 2 aromatic carbocycles. The summed E-state index contributed by atoms with van der Waals surface area (Å²) in [5.74, 6) is -0.582. The molecule has 0 bridgehead atoms. The van der Waals surface area contributed by atoms with Crippen LogP contribution in [0.3, 0.4) is 0 Å². The molecule has 0 saturated carbocycles. The summed E-state index contributed by atoms with van der Waals surface area (Å²) in [5, 5.41) is 5.89. The minimum absolute atomic E-state index is 0.252. The highest BCUT2D eigenvalue weighted by molar-refractivity contribution is 6.08. The van der Waals surface area contributed by atoms with E-state index in [-0.39, 0.29) is 11.7 Å². The van der Waals surface area contributed by atoms with Gasteiger partial charge < -0.3 is 10.6 Å². The predicted octanol–water partition coefficient (Wildman–Crippen LogP) is 4.13. The number of anilines is 2. The maximum Gasteiger partial charge on any atom is 0.257 e. The van der Waals surface area contributed by atoms with E-state index in [4.69, 9.17) is 0 Å². The Balaban J connectivity index is 2.27. The van der Waals surface area contributed by atoms with Crippen molar-refractivity contribution in [3.63, 3.8) is 0 Å². The van der Waals surface area contributed by atoms with Gasteiger partial charge in [-0.1, -0.05) is 17.7 Å². The van der Waals surface area contributed by atoms with Crippen LogP contribution in [0.2, 0.25) is 0 Å². The van der Waals surface area contributed by atoms with Crippen LogP contribution in [0.1, 0.15) is 28.4 Å². The predicted molar refractivity (Wildman–Crippen MR) is 84.4 cm³/mol. The molecule has 4 heteroatoms.